The van der Waals surface area contributed by atoms with Gasteiger partial charge in [-0.2, -0.15) is 8.78 Å². The Morgan fingerprint density at radius 3 is 2.78 bits per heavy atom. The summed E-state index contributed by atoms with van der Waals surface area (Å²) >= 11 is 0. The van der Waals surface area contributed by atoms with Gasteiger partial charge in [0.1, 0.15) is 5.75 Å². The van der Waals surface area contributed by atoms with E-state index in [2.05, 4.69) is 16.6 Å². The van der Waals surface area contributed by atoms with Crippen LogP contribution in [0.5, 0.6) is 5.75 Å². The van der Waals surface area contributed by atoms with Crippen LogP contribution in [0.15, 0.2) is 40.8 Å². The normalized spacial score (nSPS) is 18.4. The fourth-order valence-corrected chi connectivity index (χ4v) is 1.57. The summed E-state index contributed by atoms with van der Waals surface area (Å²) in [5.41, 5.74) is 0. The number of fused-ring (bicyclic) bond motifs is 1. The second kappa shape index (κ2) is 4.29. The molecule has 6 heteroatoms. The number of carbonyl (C=O) groups excluding carboxylic acids is 1. The van der Waals surface area contributed by atoms with E-state index < -0.39 is 17.9 Å². The summed E-state index contributed by atoms with van der Waals surface area (Å²) < 4.78 is 31.8. The van der Waals surface area contributed by atoms with Gasteiger partial charge in [-0.15, -0.1) is 0 Å². The number of hydrogen-bond acceptors (Lipinski definition) is 3. The summed E-state index contributed by atoms with van der Waals surface area (Å²) in [5, 5.41) is 0.470. The molecule has 0 saturated heterocycles. The van der Waals surface area contributed by atoms with E-state index in [0.29, 0.717) is 11.8 Å². The Bertz CT molecular complexity index is 625. The molecule has 0 bridgehead atoms. The Labute approximate surface area is 101 Å². The van der Waals surface area contributed by atoms with E-state index in [1.165, 1.54) is 19.2 Å². The predicted octanol–water partition coefficient (Wildman–Crippen LogP) is 0.664. The first kappa shape index (κ1) is 12.3. The number of methoxy groups -OCH3 is 1. The third-order valence-corrected chi connectivity index (χ3v) is 2.55. The third-order valence-electron chi connectivity index (χ3n) is 2.55. The zero-order valence-electron chi connectivity index (χ0n) is 9.56. The molecule has 0 radical (unpaired) electrons. The average molecular weight is 252 g/mol. The summed E-state index contributed by atoms with van der Waals surface area (Å²) in [7, 11) is 1.46. The third kappa shape index (κ3) is 2.01. The van der Waals surface area contributed by atoms with Gasteiger partial charge in [0.05, 0.1) is 17.8 Å². The number of hydrogen-bond donors (Lipinski definition) is 0. The van der Waals surface area contributed by atoms with Gasteiger partial charge in [0, 0.05) is 6.07 Å². The molecule has 1 heterocycles. The molecule has 0 N–H and O–H groups in total. The molecule has 1 aliphatic rings. The summed E-state index contributed by atoms with van der Waals surface area (Å²) in [4.78, 5) is 18.9. The molecule has 1 atom stereocenters. The van der Waals surface area contributed by atoms with Crippen molar-refractivity contribution in [3.05, 3.63) is 41.6 Å². The average Bonchev–Trinajstić information content (AvgIpc) is 2.37. The fourth-order valence-electron chi connectivity index (χ4n) is 1.57. The van der Waals surface area contributed by atoms with Crippen molar-refractivity contribution in [3.8, 4) is 5.75 Å². The van der Waals surface area contributed by atoms with Crippen LogP contribution in [-0.2, 0) is 4.79 Å². The van der Waals surface area contributed by atoms with Crippen LogP contribution in [-0.4, -0.2) is 25.0 Å². The number of ether oxygens (including phenoxy) is 1. The molecule has 0 aromatic heterocycles. The molecular formula is C12H10F2N2O2. The highest BCUT2D eigenvalue weighted by atomic mass is 19.3. The molecule has 1 aliphatic heterocycles. The lowest BCUT2D eigenvalue weighted by Gasteiger charge is -2.19. The first-order chi connectivity index (χ1) is 8.47. The van der Waals surface area contributed by atoms with E-state index in [1.807, 2.05) is 0 Å². The molecule has 0 fully saturated rings. The Morgan fingerprint density at radius 2 is 2.17 bits per heavy atom. The topological polar surface area (TPSA) is 51.0 Å². The fraction of sp³-hybridized carbons (Fsp3) is 0.250. The zero-order chi connectivity index (χ0) is 13.3. The molecule has 1 unspecified atom stereocenters. The van der Waals surface area contributed by atoms with Crippen molar-refractivity contribution < 1.29 is 18.3 Å². The maximum absolute atomic E-state index is 13.4. The van der Waals surface area contributed by atoms with E-state index in [-0.39, 0.29) is 10.7 Å². The highest BCUT2D eigenvalue weighted by Gasteiger charge is 2.42. The Balaban J connectivity index is 2.58. The first-order valence-corrected chi connectivity index (χ1v) is 5.14. The van der Waals surface area contributed by atoms with Crippen LogP contribution in [0.25, 0.3) is 0 Å². The first-order valence-electron chi connectivity index (χ1n) is 5.14. The molecular weight excluding hydrogens is 242 g/mol. The minimum atomic E-state index is -3.40. The number of amides is 1. The van der Waals surface area contributed by atoms with E-state index in [1.54, 1.807) is 6.07 Å². The number of carbonyl (C=O) groups is 1. The van der Waals surface area contributed by atoms with Crippen molar-refractivity contribution in [2.45, 2.75) is 12.0 Å². The Morgan fingerprint density at radius 1 is 1.44 bits per heavy atom. The van der Waals surface area contributed by atoms with Gasteiger partial charge in [-0.1, -0.05) is 6.58 Å². The van der Waals surface area contributed by atoms with Gasteiger partial charge in [-0.3, -0.25) is 9.79 Å². The maximum Gasteiger partial charge on any atom is 0.297 e. The van der Waals surface area contributed by atoms with Gasteiger partial charge in [-0.05, 0) is 18.2 Å². The van der Waals surface area contributed by atoms with Crippen molar-refractivity contribution in [2.24, 2.45) is 9.98 Å². The number of halogens is 2. The van der Waals surface area contributed by atoms with Crippen LogP contribution in [0, 0.1) is 0 Å². The number of alkyl halides is 2. The molecule has 1 aromatic rings. The highest BCUT2D eigenvalue weighted by Crippen LogP contribution is 2.23. The molecule has 1 amide bonds. The van der Waals surface area contributed by atoms with Crippen LogP contribution < -0.4 is 15.5 Å². The second-order valence-corrected chi connectivity index (χ2v) is 3.71. The zero-order valence-corrected chi connectivity index (χ0v) is 9.56. The predicted molar refractivity (Wildman–Crippen MR) is 59.2 cm³/mol. The van der Waals surface area contributed by atoms with Crippen molar-refractivity contribution >= 4 is 5.91 Å². The molecule has 4 nitrogen and oxygen atoms in total. The molecule has 0 spiro atoms. The Kier molecular flexibility index (Phi) is 2.94. The molecule has 18 heavy (non-hydrogen) atoms. The lowest BCUT2D eigenvalue weighted by molar-refractivity contribution is -0.125. The van der Waals surface area contributed by atoms with E-state index >= 15 is 0 Å². The highest BCUT2D eigenvalue weighted by molar-refractivity contribution is 5.84. The van der Waals surface area contributed by atoms with Crippen LogP contribution in [0.1, 0.15) is 0 Å². The number of rotatable bonds is 3. The minimum Gasteiger partial charge on any atom is -0.497 e. The van der Waals surface area contributed by atoms with Crippen molar-refractivity contribution in [3.63, 3.8) is 0 Å². The van der Waals surface area contributed by atoms with E-state index in [9.17, 15) is 13.6 Å². The van der Waals surface area contributed by atoms with Gasteiger partial charge < -0.3 is 4.74 Å². The van der Waals surface area contributed by atoms with Crippen LogP contribution in [0.2, 0.25) is 0 Å². The van der Waals surface area contributed by atoms with Gasteiger partial charge in [0.2, 0.25) is 0 Å². The quantitative estimate of drug-likeness (QED) is 0.742. The summed E-state index contributed by atoms with van der Waals surface area (Å²) in [6.45, 7) is 3.00. The SMILES string of the molecule is C=CC(F)(F)C1N=c2ccc(OC)cc2=NC1=O. The van der Waals surface area contributed by atoms with E-state index in [4.69, 9.17) is 4.74 Å². The molecule has 0 aliphatic carbocycles. The standard InChI is InChI=1S/C12H10F2N2O2/c1-3-12(13,14)10-11(17)16-9-6-7(18-2)4-5-8(9)15-10/h3-6,10H,1H2,2H3. The summed E-state index contributed by atoms with van der Waals surface area (Å²) in [6.07, 6.45) is 0.406. The molecule has 1 aromatic carbocycles. The number of benzene rings is 1. The van der Waals surface area contributed by atoms with Gasteiger partial charge in [0.25, 0.3) is 11.8 Å². The van der Waals surface area contributed by atoms with E-state index in [0.717, 1.165) is 0 Å². The minimum absolute atomic E-state index is 0.232. The van der Waals surface area contributed by atoms with Gasteiger partial charge in [-0.25, -0.2) is 4.99 Å². The largest absolute Gasteiger partial charge is 0.497 e. The van der Waals surface area contributed by atoms with Crippen molar-refractivity contribution in [1.29, 1.82) is 0 Å². The molecule has 2 rings (SSSR count). The second-order valence-electron chi connectivity index (χ2n) is 3.71. The van der Waals surface area contributed by atoms with Crippen molar-refractivity contribution in [2.75, 3.05) is 7.11 Å². The summed E-state index contributed by atoms with van der Waals surface area (Å²) in [5.74, 6) is -3.91. The summed E-state index contributed by atoms with van der Waals surface area (Å²) in [6, 6.07) is 2.68. The number of nitrogens with zero attached hydrogens (tertiary/aromatic N) is 2. The molecule has 94 valence electrons. The van der Waals surface area contributed by atoms with Crippen LogP contribution >= 0.6 is 0 Å². The maximum atomic E-state index is 13.4. The van der Waals surface area contributed by atoms with Crippen LogP contribution in [0.3, 0.4) is 0 Å². The lowest BCUT2D eigenvalue weighted by Crippen LogP contribution is -2.44. The smallest absolute Gasteiger partial charge is 0.297 e. The van der Waals surface area contributed by atoms with Crippen LogP contribution in [0.4, 0.5) is 8.78 Å². The van der Waals surface area contributed by atoms with Crippen molar-refractivity contribution in [1.82, 2.24) is 0 Å². The van der Waals surface area contributed by atoms with Gasteiger partial charge in [0.15, 0.2) is 6.04 Å². The monoisotopic (exact) mass is 252 g/mol. The molecule has 0 saturated carbocycles. The lowest BCUT2D eigenvalue weighted by atomic mass is 10.1. The Hall–Kier alpha value is -2.11. The van der Waals surface area contributed by atoms with Gasteiger partial charge >= 0.3 is 0 Å².